The number of allylic oxidation sites excluding steroid dienone is 2. The van der Waals surface area contributed by atoms with E-state index < -0.39 is 0 Å². The van der Waals surface area contributed by atoms with E-state index in [1.807, 2.05) is 36.4 Å². The Balaban J connectivity index is 1.68. The highest BCUT2D eigenvalue weighted by Gasteiger charge is 2.36. The first-order valence-corrected chi connectivity index (χ1v) is 9.65. The van der Waals surface area contributed by atoms with E-state index >= 15 is 0 Å². The van der Waals surface area contributed by atoms with E-state index in [1.165, 1.54) is 23.5 Å². The molecule has 0 amide bonds. The number of Topliss-reactive ketones (excluding diaryl/α,β-unsaturated/α-hetero) is 2. The van der Waals surface area contributed by atoms with Crippen LogP contribution in [0.2, 0.25) is 5.02 Å². The lowest BCUT2D eigenvalue weighted by atomic mass is 10.0. The van der Waals surface area contributed by atoms with E-state index in [0.717, 1.165) is 20.6 Å². The van der Waals surface area contributed by atoms with Crippen LogP contribution in [0, 0.1) is 0 Å². The Labute approximate surface area is 157 Å². The highest BCUT2D eigenvalue weighted by Crippen LogP contribution is 2.51. The van der Waals surface area contributed by atoms with Crippen LogP contribution < -0.4 is 0 Å². The number of thioether (sulfide) groups is 2. The number of hydrogen-bond donors (Lipinski definition) is 0. The van der Waals surface area contributed by atoms with Gasteiger partial charge >= 0.3 is 0 Å². The second-order valence-electron chi connectivity index (χ2n) is 5.82. The Morgan fingerprint density at radius 1 is 0.760 bits per heavy atom. The molecule has 2 heterocycles. The monoisotopic (exact) mass is 380 g/mol. The summed E-state index contributed by atoms with van der Waals surface area (Å²) in [7, 11) is 0. The molecular formula is C20H9ClO2S2. The Morgan fingerprint density at radius 2 is 1.52 bits per heavy atom. The van der Waals surface area contributed by atoms with E-state index in [1.54, 1.807) is 18.2 Å². The molecule has 2 aliphatic rings. The summed E-state index contributed by atoms with van der Waals surface area (Å²) in [5, 5.41) is 2.55. The SMILES string of the molecule is O=C1/C(=C2/Sc3ccc4ccccc4c3C2=O)Sc2cc(Cl)ccc21. The molecule has 0 N–H and O–H groups in total. The lowest BCUT2D eigenvalue weighted by molar-refractivity contribution is 0.101. The summed E-state index contributed by atoms with van der Waals surface area (Å²) >= 11 is 8.76. The fourth-order valence-electron chi connectivity index (χ4n) is 3.19. The summed E-state index contributed by atoms with van der Waals surface area (Å²) in [5.41, 5.74) is 1.32. The molecule has 3 aromatic carbocycles. The van der Waals surface area contributed by atoms with Crippen LogP contribution in [0.1, 0.15) is 20.7 Å². The maximum Gasteiger partial charge on any atom is 0.202 e. The van der Waals surface area contributed by atoms with Crippen LogP contribution in [-0.4, -0.2) is 11.6 Å². The zero-order valence-electron chi connectivity index (χ0n) is 12.7. The number of carbonyl (C=O) groups excluding carboxylic acids is 2. The largest absolute Gasteiger partial charge is 0.288 e. The molecule has 0 spiro atoms. The quantitative estimate of drug-likeness (QED) is 0.449. The summed E-state index contributed by atoms with van der Waals surface area (Å²) in [5.74, 6) is -0.156. The Kier molecular flexibility index (Phi) is 3.35. The number of ketones is 2. The van der Waals surface area contributed by atoms with Crippen molar-refractivity contribution >= 4 is 57.5 Å². The summed E-state index contributed by atoms with van der Waals surface area (Å²) in [4.78, 5) is 28.6. The summed E-state index contributed by atoms with van der Waals surface area (Å²) in [6.45, 7) is 0. The fraction of sp³-hybridized carbons (Fsp3) is 0. The van der Waals surface area contributed by atoms with E-state index in [4.69, 9.17) is 11.6 Å². The summed E-state index contributed by atoms with van der Waals surface area (Å²) < 4.78 is 0. The van der Waals surface area contributed by atoms with Gasteiger partial charge in [0.15, 0.2) is 0 Å². The molecular weight excluding hydrogens is 372 g/mol. The maximum atomic E-state index is 13.1. The molecule has 0 atom stereocenters. The molecule has 0 radical (unpaired) electrons. The average Bonchev–Trinajstić information content (AvgIpc) is 3.12. The van der Waals surface area contributed by atoms with Crippen molar-refractivity contribution < 1.29 is 9.59 Å². The van der Waals surface area contributed by atoms with Crippen molar-refractivity contribution in [2.75, 3.05) is 0 Å². The first-order valence-electron chi connectivity index (χ1n) is 7.64. The van der Waals surface area contributed by atoms with Gasteiger partial charge < -0.3 is 0 Å². The molecule has 0 bridgehead atoms. The van der Waals surface area contributed by atoms with Crippen LogP contribution in [0.25, 0.3) is 10.8 Å². The number of carbonyl (C=O) groups is 2. The molecule has 2 nitrogen and oxygen atoms in total. The van der Waals surface area contributed by atoms with E-state index in [2.05, 4.69) is 0 Å². The Bertz CT molecular complexity index is 1150. The van der Waals surface area contributed by atoms with Gasteiger partial charge in [-0.15, -0.1) is 0 Å². The van der Waals surface area contributed by atoms with Gasteiger partial charge in [0.05, 0.1) is 9.81 Å². The van der Waals surface area contributed by atoms with Gasteiger partial charge in [0.2, 0.25) is 11.6 Å². The van der Waals surface area contributed by atoms with Crippen molar-refractivity contribution in [2.45, 2.75) is 9.79 Å². The Morgan fingerprint density at radius 3 is 2.40 bits per heavy atom. The highest BCUT2D eigenvalue weighted by molar-refractivity contribution is 8.08. The lowest BCUT2D eigenvalue weighted by Crippen LogP contribution is -2.02. The molecule has 0 aliphatic carbocycles. The molecule has 0 unspecified atom stereocenters. The number of benzene rings is 3. The molecule has 2 aliphatic heterocycles. The minimum absolute atomic E-state index is 0.0634. The van der Waals surface area contributed by atoms with Crippen molar-refractivity contribution in [1.29, 1.82) is 0 Å². The molecule has 0 fully saturated rings. The van der Waals surface area contributed by atoms with Crippen molar-refractivity contribution in [1.82, 2.24) is 0 Å². The van der Waals surface area contributed by atoms with Crippen LogP contribution in [0.3, 0.4) is 0 Å². The van der Waals surface area contributed by atoms with Crippen molar-refractivity contribution in [2.24, 2.45) is 0 Å². The first-order chi connectivity index (χ1) is 12.1. The van der Waals surface area contributed by atoms with E-state index in [9.17, 15) is 9.59 Å². The summed E-state index contributed by atoms with van der Waals surface area (Å²) in [6, 6.07) is 17.0. The lowest BCUT2D eigenvalue weighted by Gasteiger charge is -2.02. The van der Waals surface area contributed by atoms with Crippen molar-refractivity contribution in [3.63, 3.8) is 0 Å². The van der Waals surface area contributed by atoms with Crippen LogP contribution in [-0.2, 0) is 0 Å². The number of fused-ring (bicyclic) bond motifs is 4. The van der Waals surface area contributed by atoms with Gasteiger partial charge in [-0.2, -0.15) is 0 Å². The first kappa shape index (κ1) is 15.3. The van der Waals surface area contributed by atoms with Gasteiger partial charge in [-0.3, -0.25) is 9.59 Å². The van der Waals surface area contributed by atoms with Gasteiger partial charge in [-0.25, -0.2) is 0 Å². The van der Waals surface area contributed by atoms with Crippen LogP contribution >= 0.6 is 35.1 Å². The molecule has 0 aromatic heterocycles. The van der Waals surface area contributed by atoms with Crippen molar-refractivity contribution in [3.8, 4) is 0 Å². The third-order valence-corrected chi connectivity index (χ3v) is 7.02. The predicted molar refractivity (Wildman–Crippen MR) is 103 cm³/mol. The smallest absolute Gasteiger partial charge is 0.202 e. The van der Waals surface area contributed by atoms with Gasteiger partial charge in [0.1, 0.15) is 0 Å². The normalized spacial score (nSPS) is 18.8. The molecule has 0 saturated heterocycles. The highest BCUT2D eigenvalue weighted by atomic mass is 35.5. The topological polar surface area (TPSA) is 34.1 Å². The molecule has 5 heteroatoms. The molecule has 5 rings (SSSR count). The zero-order valence-corrected chi connectivity index (χ0v) is 15.1. The summed E-state index contributed by atoms with van der Waals surface area (Å²) in [6.07, 6.45) is 0. The van der Waals surface area contributed by atoms with Crippen LogP contribution in [0.4, 0.5) is 0 Å². The molecule has 120 valence electrons. The molecule has 3 aromatic rings. The Hall–Kier alpha value is -2.01. The second kappa shape index (κ2) is 5.49. The van der Waals surface area contributed by atoms with Crippen LogP contribution in [0.5, 0.6) is 0 Å². The number of hydrogen-bond acceptors (Lipinski definition) is 4. The third-order valence-electron chi connectivity index (χ3n) is 4.35. The zero-order chi connectivity index (χ0) is 17.1. The standard InChI is InChI=1S/C20H9ClO2S2/c21-11-6-7-13-15(9-11)25-19(17(13)22)20-18(23)16-12-4-2-1-3-10(12)5-8-14(16)24-20/h1-9H/b20-19-. The van der Waals surface area contributed by atoms with E-state index in [-0.39, 0.29) is 11.6 Å². The minimum atomic E-state index is -0.0929. The van der Waals surface area contributed by atoms with E-state index in [0.29, 0.717) is 26.0 Å². The third kappa shape index (κ3) is 2.21. The molecule has 0 saturated carbocycles. The van der Waals surface area contributed by atoms with Gasteiger partial charge in [-0.1, -0.05) is 65.5 Å². The van der Waals surface area contributed by atoms with Gasteiger partial charge in [-0.05, 0) is 35.0 Å². The predicted octanol–water partition coefficient (Wildman–Crippen LogP) is 5.98. The average molecular weight is 381 g/mol. The number of halogens is 1. The fourth-order valence-corrected chi connectivity index (χ4v) is 5.78. The number of rotatable bonds is 0. The van der Waals surface area contributed by atoms with Gasteiger partial charge in [0, 0.05) is 25.9 Å². The van der Waals surface area contributed by atoms with Gasteiger partial charge in [0.25, 0.3) is 0 Å². The van der Waals surface area contributed by atoms with Crippen LogP contribution in [0.15, 0.2) is 74.2 Å². The minimum Gasteiger partial charge on any atom is -0.288 e. The molecule has 25 heavy (non-hydrogen) atoms. The maximum absolute atomic E-state index is 13.1. The second-order valence-corrected chi connectivity index (χ2v) is 8.36. The van der Waals surface area contributed by atoms with Crippen molar-refractivity contribution in [3.05, 3.63) is 80.6 Å².